The Morgan fingerprint density at radius 1 is 0.958 bits per heavy atom. The molecule has 0 saturated heterocycles. The molecule has 0 saturated carbocycles. The maximum Gasteiger partial charge on any atom is 0.422 e. The number of para-hydroxylation sites is 2. The number of hydrogen-bond donors (Lipinski definition) is 1. The van der Waals surface area contributed by atoms with Gasteiger partial charge in [0.1, 0.15) is 11.6 Å². The molecule has 0 amide bonds. The van der Waals surface area contributed by atoms with Gasteiger partial charge in [-0.3, -0.25) is 4.98 Å². The number of aromatic nitrogens is 2. The molecular formula is C17H14F3N3O. The van der Waals surface area contributed by atoms with E-state index in [0.29, 0.717) is 12.4 Å². The van der Waals surface area contributed by atoms with Crippen molar-refractivity contribution in [1.29, 1.82) is 0 Å². The summed E-state index contributed by atoms with van der Waals surface area (Å²) < 4.78 is 40.9. The molecule has 7 heteroatoms. The van der Waals surface area contributed by atoms with E-state index in [9.17, 15) is 13.2 Å². The van der Waals surface area contributed by atoms with Gasteiger partial charge in [0.15, 0.2) is 6.61 Å². The SMILES string of the molecule is FC(F)(F)COc1ccc(CNc2cnc3ccccc3n2)cc1. The van der Waals surface area contributed by atoms with Crippen LogP contribution in [0.1, 0.15) is 5.56 Å². The molecule has 1 N–H and O–H groups in total. The first kappa shape index (κ1) is 16.0. The molecule has 4 nitrogen and oxygen atoms in total. The summed E-state index contributed by atoms with van der Waals surface area (Å²) in [7, 11) is 0. The first-order valence-corrected chi connectivity index (χ1v) is 7.24. The number of nitrogens with zero attached hydrogens (tertiary/aromatic N) is 2. The standard InChI is InChI=1S/C17H14F3N3O/c18-17(19,20)11-24-13-7-5-12(6-8-13)9-22-16-10-21-14-3-1-2-4-15(14)23-16/h1-8,10H,9,11H2,(H,22,23). The second kappa shape index (κ2) is 6.74. The van der Waals surface area contributed by atoms with Crippen molar-refractivity contribution in [3.05, 3.63) is 60.3 Å². The fraction of sp³-hybridized carbons (Fsp3) is 0.176. The molecule has 124 valence electrons. The van der Waals surface area contributed by atoms with Gasteiger partial charge in [-0.1, -0.05) is 24.3 Å². The molecular weight excluding hydrogens is 319 g/mol. The highest BCUT2D eigenvalue weighted by Gasteiger charge is 2.28. The van der Waals surface area contributed by atoms with Crippen LogP contribution in [0.3, 0.4) is 0 Å². The predicted molar refractivity (Wildman–Crippen MR) is 84.9 cm³/mol. The van der Waals surface area contributed by atoms with Crippen molar-refractivity contribution in [1.82, 2.24) is 9.97 Å². The van der Waals surface area contributed by atoms with Crippen LogP contribution >= 0.6 is 0 Å². The van der Waals surface area contributed by atoms with Crippen molar-refractivity contribution in [3.8, 4) is 5.75 Å². The minimum absolute atomic E-state index is 0.182. The van der Waals surface area contributed by atoms with E-state index in [1.54, 1.807) is 18.3 Å². The monoisotopic (exact) mass is 333 g/mol. The van der Waals surface area contributed by atoms with Gasteiger partial charge in [-0.25, -0.2) is 4.98 Å². The molecule has 0 atom stereocenters. The van der Waals surface area contributed by atoms with E-state index in [4.69, 9.17) is 0 Å². The zero-order chi connectivity index (χ0) is 17.0. The second-order valence-electron chi connectivity index (χ2n) is 5.15. The van der Waals surface area contributed by atoms with Crippen LogP contribution in [0.25, 0.3) is 11.0 Å². The third-order valence-corrected chi connectivity index (χ3v) is 3.25. The fourth-order valence-corrected chi connectivity index (χ4v) is 2.10. The summed E-state index contributed by atoms with van der Waals surface area (Å²) in [5.74, 6) is 0.813. The average Bonchev–Trinajstić information content (AvgIpc) is 2.58. The smallest absolute Gasteiger partial charge is 0.422 e. The van der Waals surface area contributed by atoms with Crippen molar-refractivity contribution < 1.29 is 17.9 Å². The molecule has 3 rings (SSSR count). The van der Waals surface area contributed by atoms with E-state index in [0.717, 1.165) is 16.6 Å². The highest BCUT2D eigenvalue weighted by Crippen LogP contribution is 2.19. The zero-order valence-electron chi connectivity index (χ0n) is 12.5. The van der Waals surface area contributed by atoms with Gasteiger partial charge >= 0.3 is 6.18 Å². The van der Waals surface area contributed by atoms with Crippen molar-refractivity contribution in [2.75, 3.05) is 11.9 Å². The lowest BCUT2D eigenvalue weighted by atomic mass is 10.2. The van der Waals surface area contributed by atoms with Crippen LogP contribution in [-0.4, -0.2) is 22.8 Å². The van der Waals surface area contributed by atoms with Gasteiger partial charge in [0.05, 0.1) is 17.2 Å². The number of benzene rings is 2. The van der Waals surface area contributed by atoms with Crippen LogP contribution in [0.5, 0.6) is 5.75 Å². The zero-order valence-corrected chi connectivity index (χ0v) is 12.5. The number of alkyl halides is 3. The fourth-order valence-electron chi connectivity index (χ4n) is 2.10. The Morgan fingerprint density at radius 3 is 2.38 bits per heavy atom. The van der Waals surface area contributed by atoms with E-state index >= 15 is 0 Å². The van der Waals surface area contributed by atoms with E-state index in [-0.39, 0.29) is 5.75 Å². The largest absolute Gasteiger partial charge is 0.484 e. The molecule has 0 bridgehead atoms. The molecule has 1 heterocycles. The summed E-state index contributed by atoms with van der Waals surface area (Å²) in [6.45, 7) is -0.816. The predicted octanol–water partition coefficient (Wildman–Crippen LogP) is 4.18. The van der Waals surface area contributed by atoms with Gasteiger partial charge in [0.2, 0.25) is 0 Å². The molecule has 0 radical (unpaired) electrons. The quantitative estimate of drug-likeness (QED) is 0.761. The highest BCUT2D eigenvalue weighted by molar-refractivity contribution is 5.75. The van der Waals surface area contributed by atoms with E-state index in [2.05, 4.69) is 20.0 Å². The number of halogens is 3. The van der Waals surface area contributed by atoms with Gasteiger partial charge in [-0.05, 0) is 29.8 Å². The number of ether oxygens (including phenoxy) is 1. The van der Waals surface area contributed by atoms with Gasteiger partial charge in [0.25, 0.3) is 0 Å². The maximum absolute atomic E-state index is 12.1. The molecule has 0 aliphatic carbocycles. The van der Waals surface area contributed by atoms with Crippen LogP contribution in [0.15, 0.2) is 54.7 Å². The Bertz CT molecular complexity index is 819. The van der Waals surface area contributed by atoms with E-state index < -0.39 is 12.8 Å². The minimum atomic E-state index is -4.34. The lowest BCUT2D eigenvalue weighted by molar-refractivity contribution is -0.153. The number of hydrogen-bond acceptors (Lipinski definition) is 4. The Balaban J connectivity index is 1.59. The van der Waals surface area contributed by atoms with Crippen LogP contribution in [-0.2, 0) is 6.54 Å². The van der Waals surface area contributed by atoms with Gasteiger partial charge in [-0.2, -0.15) is 13.2 Å². The Morgan fingerprint density at radius 2 is 1.67 bits per heavy atom. The molecule has 0 unspecified atom stereocenters. The summed E-state index contributed by atoms with van der Waals surface area (Å²) in [5, 5.41) is 3.13. The molecule has 0 spiro atoms. The lowest BCUT2D eigenvalue weighted by Gasteiger charge is -2.10. The molecule has 0 fully saturated rings. The molecule has 0 aliphatic rings. The van der Waals surface area contributed by atoms with Crippen LogP contribution in [0.4, 0.5) is 19.0 Å². The summed E-state index contributed by atoms with van der Waals surface area (Å²) in [6.07, 6.45) is -2.70. The summed E-state index contributed by atoms with van der Waals surface area (Å²) in [4.78, 5) is 8.74. The molecule has 0 aliphatic heterocycles. The number of fused-ring (bicyclic) bond motifs is 1. The molecule has 1 aromatic heterocycles. The molecule has 24 heavy (non-hydrogen) atoms. The number of anilines is 1. The Kier molecular flexibility index (Phi) is 4.50. The summed E-state index contributed by atoms with van der Waals surface area (Å²) in [6, 6.07) is 14.0. The Hall–Kier alpha value is -2.83. The van der Waals surface area contributed by atoms with Crippen molar-refractivity contribution >= 4 is 16.9 Å². The average molecular weight is 333 g/mol. The summed E-state index contributed by atoms with van der Waals surface area (Å²) >= 11 is 0. The van der Waals surface area contributed by atoms with E-state index in [1.807, 2.05) is 24.3 Å². The number of nitrogens with one attached hydrogen (secondary N) is 1. The second-order valence-corrected chi connectivity index (χ2v) is 5.15. The van der Waals surface area contributed by atoms with E-state index in [1.165, 1.54) is 12.1 Å². The maximum atomic E-state index is 12.1. The topological polar surface area (TPSA) is 47.0 Å². The highest BCUT2D eigenvalue weighted by atomic mass is 19.4. The minimum Gasteiger partial charge on any atom is -0.484 e. The van der Waals surface area contributed by atoms with Crippen molar-refractivity contribution in [2.24, 2.45) is 0 Å². The van der Waals surface area contributed by atoms with Gasteiger partial charge in [0, 0.05) is 6.54 Å². The first-order chi connectivity index (χ1) is 11.5. The van der Waals surface area contributed by atoms with Crippen molar-refractivity contribution in [3.63, 3.8) is 0 Å². The first-order valence-electron chi connectivity index (χ1n) is 7.24. The molecule has 3 aromatic rings. The lowest BCUT2D eigenvalue weighted by Crippen LogP contribution is -2.19. The van der Waals surface area contributed by atoms with Crippen molar-refractivity contribution in [2.45, 2.75) is 12.7 Å². The molecule has 2 aromatic carbocycles. The van der Waals surface area contributed by atoms with Gasteiger partial charge in [-0.15, -0.1) is 0 Å². The number of rotatable bonds is 5. The van der Waals surface area contributed by atoms with Gasteiger partial charge < -0.3 is 10.1 Å². The Labute approximate surface area is 136 Å². The summed E-state index contributed by atoms with van der Waals surface area (Å²) in [5.41, 5.74) is 2.50. The normalized spacial score (nSPS) is 11.5. The third kappa shape index (κ3) is 4.34. The van der Waals surface area contributed by atoms with Crippen LogP contribution in [0, 0.1) is 0 Å². The van der Waals surface area contributed by atoms with Crippen LogP contribution < -0.4 is 10.1 Å². The third-order valence-electron chi connectivity index (χ3n) is 3.25. The van der Waals surface area contributed by atoms with Crippen LogP contribution in [0.2, 0.25) is 0 Å².